The Morgan fingerprint density at radius 1 is 1.16 bits per heavy atom. The van der Waals surface area contributed by atoms with Gasteiger partial charge in [-0.25, -0.2) is 4.99 Å². The second kappa shape index (κ2) is 16.3. The summed E-state index contributed by atoms with van der Waals surface area (Å²) in [7, 11) is 0. The number of aliphatic imine (C=N–C) groups is 1. The predicted octanol–water partition coefficient (Wildman–Crippen LogP) is 4.68. The van der Waals surface area contributed by atoms with Crippen molar-refractivity contribution in [3.63, 3.8) is 0 Å². The Balaban J connectivity index is 0.00000480. The molecule has 176 valence electrons. The van der Waals surface area contributed by atoms with Crippen LogP contribution in [0.1, 0.15) is 70.8 Å². The van der Waals surface area contributed by atoms with Gasteiger partial charge in [0.15, 0.2) is 5.96 Å². The number of halogens is 1. The van der Waals surface area contributed by atoms with E-state index in [1.807, 2.05) is 24.3 Å². The summed E-state index contributed by atoms with van der Waals surface area (Å²) in [4.78, 5) is 17.2. The molecule has 1 atom stereocenters. The number of benzene rings is 1. The molecule has 1 amide bonds. The van der Waals surface area contributed by atoms with Crippen molar-refractivity contribution in [2.24, 2.45) is 16.8 Å². The topological polar surface area (TPSA) is 85.8 Å². The van der Waals surface area contributed by atoms with Crippen LogP contribution in [0.5, 0.6) is 0 Å². The number of nitrogens with one attached hydrogen (secondary N) is 3. The summed E-state index contributed by atoms with van der Waals surface area (Å²) in [5.41, 5.74) is 1.91. The van der Waals surface area contributed by atoms with Crippen molar-refractivity contribution < 1.29 is 9.90 Å². The van der Waals surface area contributed by atoms with E-state index in [1.54, 1.807) is 0 Å². The highest BCUT2D eigenvalue weighted by molar-refractivity contribution is 14.0. The van der Waals surface area contributed by atoms with Crippen LogP contribution in [0.25, 0.3) is 0 Å². The van der Waals surface area contributed by atoms with E-state index < -0.39 is 0 Å². The molecule has 0 spiro atoms. The van der Waals surface area contributed by atoms with Crippen LogP contribution in [0, 0.1) is 11.8 Å². The third kappa shape index (κ3) is 10.7. The fourth-order valence-corrected chi connectivity index (χ4v) is 4.05. The van der Waals surface area contributed by atoms with Crippen molar-refractivity contribution in [2.45, 2.75) is 71.8 Å². The van der Waals surface area contributed by atoms with Crippen molar-refractivity contribution >= 4 is 41.5 Å². The van der Waals surface area contributed by atoms with Gasteiger partial charge in [0.25, 0.3) is 0 Å². The molecule has 0 bridgehead atoms. The number of amides is 1. The lowest BCUT2D eigenvalue weighted by Gasteiger charge is -2.20. The van der Waals surface area contributed by atoms with Crippen molar-refractivity contribution in [3.8, 4) is 0 Å². The van der Waals surface area contributed by atoms with Crippen LogP contribution in [0.2, 0.25) is 0 Å². The number of guanidine groups is 1. The first-order valence-corrected chi connectivity index (χ1v) is 11.7. The van der Waals surface area contributed by atoms with Crippen LogP contribution in [-0.4, -0.2) is 36.7 Å². The molecule has 31 heavy (non-hydrogen) atoms. The molecule has 4 N–H and O–H groups in total. The minimum atomic E-state index is 0. The van der Waals surface area contributed by atoms with Gasteiger partial charge in [-0.3, -0.25) is 4.79 Å². The molecule has 0 saturated heterocycles. The second-order valence-corrected chi connectivity index (χ2v) is 8.27. The number of aliphatic hydroxyl groups is 1. The zero-order valence-corrected chi connectivity index (χ0v) is 21.5. The number of anilines is 1. The van der Waals surface area contributed by atoms with E-state index in [9.17, 15) is 9.90 Å². The Labute approximate surface area is 205 Å². The Bertz CT molecular complexity index is 657. The van der Waals surface area contributed by atoms with E-state index in [0.717, 1.165) is 75.2 Å². The minimum Gasteiger partial charge on any atom is -0.396 e. The van der Waals surface area contributed by atoms with E-state index in [2.05, 4.69) is 29.8 Å². The lowest BCUT2D eigenvalue weighted by atomic mass is 9.88. The third-order valence-electron chi connectivity index (χ3n) is 5.73. The maximum absolute atomic E-state index is 12.5. The number of carbonyl (C=O) groups is 1. The van der Waals surface area contributed by atoms with E-state index in [0.29, 0.717) is 12.5 Å². The maximum atomic E-state index is 12.5. The number of hydrogen-bond acceptors (Lipinski definition) is 3. The molecular formula is C24H41IN4O2. The molecule has 1 fully saturated rings. The van der Waals surface area contributed by atoms with E-state index >= 15 is 0 Å². The van der Waals surface area contributed by atoms with Gasteiger partial charge < -0.3 is 21.1 Å². The van der Waals surface area contributed by atoms with Gasteiger partial charge in [0.1, 0.15) is 0 Å². The number of rotatable bonds is 11. The minimum absolute atomic E-state index is 0. The Kier molecular flexibility index (Phi) is 14.6. The molecule has 0 heterocycles. The van der Waals surface area contributed by atoms with E-state index in [-0.39, 0.29) is 42.4 Å². The highest BCUT2D eigenvalue weighted by atomic mass is 127. The summed E-state index contributed by atoms with van der Waals surface area (Å²) in [6, 6.07) is 7.97. The zero-order chi connectivity index (χ0) is 21.6. The van der Waals surface area contributed by atoms with Crippen molar-refractivity contribution in [1.82, 2.24) is 10.6 Å². The normalized spacial score (nSPS) is 15.6. The number of aliphatic hydroxyl groups excluding tert-OH is 1. The van der Waals surface area contributed by atoms with Crippen molar-refractivity contribution in [1.29, 1.82) is 0 Å². The van der Waals surface area contributed by atoms with Crippen LogP contribution < -0.4 is 16.0 Å². The maximum Gasteiger partial charge on any atom is 0.227 e. The second-order valence-electron chi connectivity index (χ2n) is 8.27. The summed E-state index contributed by atoms with van der Waals surface area (Å²) in [5, 5.41) is 19.0. The molecule has 6 nitrogen and oxygen atoms in total. The standard InChI is InChI=1S/C24H40N4O2.HI/c1-3-9-19(14-15-29)17-26-24(25-4-2)27-18-20-10-8-13-22(16-20)28-23(30)21-11-6-5-7-12-21;/h8,10,13,16,19,21,29H,3-7,9,11-12,14-15,17-18H2,1-2H3,(H,28,30)(H2,25,26,27);1H. The van der Waals surface area contributed by atoms with Crippen LogP contribution >= 0.6 is 24.0 Å². The fourth-order valence-electron chi connectivity index (χ4n) is 4.05. The Hall–Kier alpha value is -1.35. The molecular weight excluding hydrogens is 503 g/mol. The molecule has 7 heteroatoms. The average molecular weight is 545 g/mol. The van der Waals surface area contributed by atoms with E-state index in [1.165, 1.54) is 6.42 Å². The molecule has 0 aliphatic heterocycles. The molecule has 1 aliphatic carbocycles. The summed E-state index contributed by atoms with van der Waals surface area (Å²) >= 11 is 0. The number of hydrogen-bond donors (Lipinski definition) is 4. The molecule has 1 saturated carbocycles. The molecule has 0 aromatic heterocycles. The van der Waals surface area contributed by atoms with Gasteiger partial charge in [-0.15, -0.1) is 24.0 Å². The van der Waals surface area contributed by atoms with Crippen LogP contribution in [0.4, 0.5) is 5.69 Å². The van der Waals surface area contributed by atoms with Gasteiger partial charge in [-0.2, -0.15) is 0 Å². The lowest BCUT2D eigenvalue weighted by molar-refractivity contribution is -0.120. The van der Waals surface area contributed by atoms with Gasteiger partial charge in [-0.05, 0) is 56.2 Å². The Morgan fingerprint density at radius 3 is 2.61 bits per heavy atom. The molecule has 1 aromatic carbocycles. The number of nitrogens with zero attached hydrogens (tertiary/aromatic N) is 1. The zero-order valence-electron chi connectivity index (χ0n) is 19.2. The van der Waals surface area contributed by atoms with Gasteiger partial charge in [0.05, 0.1) is 6.54 Å². The first kappa shape index (κ1) is 27.7. The van der Waals surface area contributed by atoms with Crippen LogP contribution in [0.3, 0.4) is 0 Å². The van der Waals surface area contributed by atoms with Gasteiger partial charge in [0.2, 0.25) is 5.91 Å². The van der Waals surface area contributed by atoms with Crippen LogP contribution in [0.15, 0.2) is 29.3 Å². The molecule has 1 aliphatic rings. The average Bonchev–Trinajstić information content (AvgIpc) is 2.76. The SMILES string of the molecule is CCCC(CCO)CNC(=NCc1cccc(NC(=O)C2CCCCC2)c1)NCC.I. The van der Waals surface area contributed by atoms with Gasteiger partial charge >= 0.3 is 0 Å². The third-order valence-corrected chi connectivity index (χ3v) is 5.73. The van der Waals surface area contributed by atoms with Crippen molar-refractivity contribution in [3.05, 3.63) is 29.8 Å². The smallest absolute Gasteiger partial charge is 0.227 e. The lowest BCUT2D eigenvalue weighted by Crippen LogP contribution is -2.40. The first-order valence-electron chi connectivity index (χ1n) is 11.7. The summed E-state index contributed by atoms with van der Waals surface area (Å²) in [5.74, 6) is 1.53. The molecule has 1 aromatic rings. The quantitative estimate of drug-likeness (QED) is 0.185. The van der Waals surface area contributed by atoms with E-state index in [4.69, 9.17) is 4.99 Å². The summed E-state index contributed by atoms with van der Waals surface area (Å²) < 4.78 is 0. The van der Waals surface area contributed by atoms with Crippen molar-refractivity contribution in [2.75, 3.05) is 25.0 Å². The Morgan fingerprint density at radius 2 is 1.94 bits per heavy atom. The summed E-state index contributed by atoms with van der Waals surface area (Å²) in [6.07, 6.45) is 8.58. The van der Waals surface area contributed by atoms with Gasteiger partial charge in [-0.1, -0.05) is 44.7 Å². The number of carbonyl (C=O) groups excluding carboxylic acids is 1. The molecule has 2 rings (SSSR count). The molecule has 1 unspecified atom stereocenters. The monoisotopic (exact) mass is 544 g/mol. The fraction of sp³-hybridized carbons (Fsp3) is 0.667. The van der Waals surface area contributed by atoms with Gasteiger partial charge in [0, 0.05) is 31.3 Å². The highest BCUT2D eigenvalue weighted by Gasteiger charge is 2.21. The highest BCUT2D eigenvalue weighted by Crippen LogP contribution is 2.25. The molecule has 0 radical (unpaired) electrons. The van der Waals surface area contributed by atoms with Crippen LogP contribution in [-0.2, 0) is 11.3 Å². The predicted molar refractivity (Wildman–Crippen MR) is 140 cm³/mol. The first-order chi connectivity index (χ1) is 14.7. The summed E-state index contributed by atoms with van der Waals surface area (Å²) in [6.45, 7) is 6.58. The largest absolute Gasteiger partial charge is 0.396 e.